The van der Waals surface area contributed by atoms with Crippen LogP contribution >= 0.6 is 0 Å². The van der Waals surface area contributed by atoms with Crippen molar-refractivity contribution in [3.63, 3.8) is 0 Å². The van der Waals surface area contributed by atoms with E-state index in [0.29, 0.717) is 0 Å². The van der Waals surface area contributed by atoms with Crippen LogP contribution in [-0.4, -0.2) is 73.0 Å². The van der Waals surface area contributed by atoms with E-state index in [2.05, 4.69) is 45.1 Å². The Morgan fingerprint density at radius 3 is 2.44 bits per heavy atom. The van der Waals surface area contributed by atoms with Crippen LogP contribution in [0.3, 0.4) is 0 Å². The number of nitrogens with one attached hydrogen (secondary N) is 1. The molecule has 8 heteroatoms. The van der Waals surface area contributed by atoms with Crippen molar-refractivity contribution in [1.29, 1.82) is 0 Å². The number of hydrogen-bond donors (Lipinski definition) is 1. The van der Waals surface area contributed by atoms with Gasteiger partial charge in [0.15, 0.2) is 5.96 Å². The molecular weight excluding hydrogens is 404 g/mol. The third kappa shape index (κ3) is 5.35. The maximum atomic E-state index is 5.55. The summed E-state index contributed by atoms with van der Waals surface area (Å²) >= 11 is 0. The fourth-order valence-electron chi connectivity index (χ4n) is 4.46. The van der Waals surface area contributed by atoms with Crippen molar-refractivity contribution in [2.75, 3.05) is 47.4 Å². The van der Waals surface area contributed by atoms with E-state index in [1.54, 1.807) is 14.2 Å². The summed E-state index contributed by atoms with van der Waals surface area (Å²) in [5, 5.41) is 8.27. The number of benzene rings is 1. The van der Waals surface area contributed by atoms with Crippen molar-refractivity contribution in [3.05, 3.63) is 40.7 Å². The van der Waals surface area contributed by atoms with E-state index >= 15 is 0 Å². The van der Waals surface area contributed by atoms with Crippen LogP contribution in [0, 0.1) is 0 Å². The number of methoxy groups -OCH3 is 2. The van der Waals surface area contributed by atoms with Crippen molar-refractivity contribution in [1.82, 2.24) is 24.9 Å². The molecule has 0 saturated carbocycles. The van der Waals surface area contributed by atoms with E-state index in [-0.39, 0.29) is 0 Å². The molecule has 1 fully saturated rings. The molecule has 0 bridgehead atoms. The lowest BCUT2D eigenvalue weighted by Gasteiger charge is -2.36. The monoisotopic (exact) mass is 442 g/mol. The maximum absolute atomic E-state index is 5.55. The normalized spacial score (nSPS) is 15.2. The molecule has 2 heterocycles. The molecule has 0 radical (unpaired) electrons. The molecule has 1 aromatic heterocycles. The number of hydrogen-bond acceptors (Lipinski definition) is 5. The summed E-state index contributed by atoms with van der Waals surface area (Å²) in [5.74, 6) is 2.72. The molecule has 32 heavy (non-hydrogen) atoms. The van der Waals surface area contributed by atoms with Crippen LogP contribution in [-0.2, 0) is 33.0 Å². The Morgan fingerprint density at radius 1 is 1.09 bits per heavy atom. The second kappa shape index (κ2) is 11.2. The Morgan fingerprint density at radius 2 is 1.84 bits per heavy atom. The summed E-state index contributed by atoms with van der Waals surface area (Å²) in [6.45, 7) is 9.75. The number of aliphatic imine (C=N–C) groups is 1. The molecular formula is C24H38N6O2. The lowest BCUT2D eigenvalue weighted by molar-refractivity contribution is 0.171. The Hall–Kier alpha value is -2.74. The van der Waals surface area contributed by atoms with Crippen molar-refractivity contribution in [3.8, 4) is 11.5 Å². The smallest absolute Gasteiger partial charge is 0.194 e. The highest BCUT2D eigenvalue weighted by Crippen LogP contribution is 2.25. The van der Waals surface area contributed by atoms with E-state index in [1.807, 2.05) is 30.9 Å². The zero-order valence-electron chi connectivity index (χ0n) is 20.4. The Labute approximate surface area is 192 Å². The highest BCUT2D eigenvalue weighted by Gasteiger charge is 2.22. The second-order valence-electron chi connectivity index (χ2n) is 8.04. The van der Waals surface area contributed by atoms with Crippen LogP contribution in [0.25, 0.3) is 0 Å². The number of nitrogens with zero attached hydrogens (tertiary/aromatic N) is 5. The van der Waals surface area contributed by atoms with Gasteiger partial charge in [-0.15, -0.1) is 0 Å². The molecule has 1 saturated heterocycles. The molecule has 0 amide bonds. The van der Waals surface area contributed by atoms with Gasteiger partial charge in [-0.2, -0.15) is 5.10 Å². The fourth-order valence-corrected chi connectivity index (χ4v) is 4.46. The van der Waals surface area contributed by atoms with Gasteiger partial charge in [0.05, 0.1) is 19.9 Å². The molecule has 0 unspecified atom stereocenters. The SMILES string of the molecule is CCc1nn(C)c(CC)c1CNC(=NC)N1CCN(Cc2cc(OC)ccc2OC)CC1. The van der Waals surface area contributed by atoms with Crippen LogP contribution in [0.15, 0.2) is 23.2 Å². The number of rotatable bonds is 8. The number of guanidine groups is 1. The number of piperazine rings is 1. The summed E-state index contributed by atoms with van der Waals surface area (Å²) < 4.78 is 13.0. The minimum absolute atomic E-state index is 0.758. The van der Waals surface area contributed by atoms with Gasteiger partial charge in [-0.1, -0.05) is 13.8 Å². The average molecular weight is 443 g/mol. The second-order valence-corrected chi connectivity index (χ2v) is 8.04. The summed E-state index contributed by atoms with van der Waals surface area (Å²) in [4.78, 5) is 9.34. The Balaban J connectivity index is 1.59. The highest BCUT2D eigenvalue weighted by molar-refractivity contribution is 5.80. The first-order valence-corrected chi connectivity index (χ1v) is 11.5. The molecule has 0 aliphatic carbocycles. The van der Waals surface area contributed by atoms with Crippen molar-refractivity contribution in [2.24, 2.45) is 12.0 Å². The number of aromatic nitrogens is 2. The molecule has 1 N–H and O–H groups in total. The Kier molecular flexibility index (Phi) is 8.39. The number of aryl methyl sites for hydroxylation is 2. The first kappa shape index (κ1) is 23.9. The van der Waals surface area contributed by atoms with Crippen molar-refractivity contribution >= 4 is 5.96 Å². The van der Waals surface area contributed by atoms with E-state index in [9.17, 15) is 0 Å². The lowest BCUT2D eigenvalue weighted by atomic mass is 10.1. The zero-order valence-corrected chi connectivity index (χ0v) is 20.4. The van der Waals surface area contributed by atoms with E-state index in [0.717, 1.165) is 75.1 Å². The molecule has 1 aromatic carbocycles. The van der Waals surface area contributed by atoms with E-state index < -0.39 is 0 Å². The molecule has 0 atom stereocenters. The molecule has 176 valence electrons. The van der Waals surface area contributed by atoms with Gasteiger partial charge in [0.2, 0.25) is 0 Å². The summed E-state index contributed by atoms with van der Waals surface area (Å²) in [6.07, 6.45) is 1.92. The van der Waals surface area contributed by atoms with Gasteiger partial charge in [0, 0.05) is 70.2 Å². The molecule has 2 aromatic rings. The van der Waals surface area contributed by atoms with Gasteiger partial charge in [0.25, 0.3) is 0 Å². The van der Waals surface area contributed by atoms with Gasteiger partial charge in [0.1, 0.15) is 11.5 Å². The Bertz CT molecular complexity index is 915. The van der Waals surface area contributed by atoms with Gasteiger partial charge in [-0.3, -0.25) is 14.6 Å². The predicted molar refractivity (Wildman–Crippen MR) is 129 cm³/mol. The largest absolute Gasteiger partial charge is 0.497 e. The van der Waals surface area contributed by atoms with Crippen molar-refractivity contribution in [2.45, 2.75) is 39.8 Å². The van der Waals surface area contributed by atoms with E-state index in [4.69, 9.17) is 9.47 Å². The highest BCUT2D eigenvalue weighted by atomic mass is 16.5. The minimum Gasteiger partial charge on any atom is -0.497 e. The standard InChI is InChI=1S/C24H38N6O2/c1-7-21-20(22(8-2)28(4)27-21)16-26-24(25-3)30-13-11-29(12-14-30)17-18-15-19(31-5)9-10-23(18)32-6/h9-10,15H,7-8,11-14,16-17H2,1-6H3,(H,25,26). The molecule has 8 nitrogen and oxygen atoms in total. The fraction of sp³-hybridized carbons (Fsp3) is 0.583. The third-order valence-corrected chi connectivity index (χ3v) is 6.22. The molecule has 1 aliphatic rings. The first-order chi connectivity index (χ1) is 15.5. The average Bonchev–Trinajstić information content (AvgIpc) is 3.14. The van der Waals surface area contributed by atoms with Gasteiger partial charge in [-0.25, -0.2) is 0 Å². The van der Waals surface area contributed by atoms with Crippen LogP contribution in [0.1, 0.15) is 36.4 Å². The summed E-state index contributed by atoms with van der Waals surface area (Å²) in [7, 11) is 7.31. The number of ether oxygens (including phenoxy) is 2. The van der Waals surface area contributed by atoms with E-state index in [1.165, 1.54) is 17.0 Å². The van der Waals surface area contributed by atoms with Crippen LogP contribution < -0.4 is 14.8 Å². The zero-order chi connectivity index (χ0) is 23.1. The van der Waals surface area contributed by atoms with Gasteiger partial charge < -0.3 is 19.7 Å². The predicted octanol–water partition coefficient (Wildman–Crippen LogP) is 2.46. The van der Waals surface area contributed by atoms with Gasteiger partial charge >= 0.3 is 0 Å². The van der Waals surface area contributed by atoms with Crippen LogP contribution in [0.2, 0.25) is 0 Å². The minimum atomic E-state index is 0.758. The summed E-state index contributed by atoms with van der Waals surface area (Å²) in [6, 6.07) is 5.98. The molecule has 3 rings (SSSR count). The lowest BCUT2D eigenvalue weighted by Crippen LogP contribution is -2.52. The quantitative estimate of drug-likeness (QED) is 0.500. The third-order valence-electron chi connectivity index (χ3n) is 6.22. The first-order valence-electron chi connectivity index (χ1n) is 11.5. The van der Waals surface area contributed by atoms with Crippen LogP contribution in [0.4, 0.5) is 0 Å². The molecule has 1 aliphatic heterocycles. The van der Waals surface area contributed by atoms with Gasteiger partial charge in [-0.05, 0) is 31.0 Å². The van der Waals surface area contributed by atoms with Crippen LogP contribution in [0.5, 0.6) is 11.5 Å². The molecule has 0 spiro atoms. The topological polar surface area (TPSA) is 67.2 Å². The maximum Gasteiger partial charge on any atom is 0.194 e. The van der Waals surface area contributed by atoms with Crippen molar-refractivity contribution < 1.29 is 9.47 Å². The summed E-state index contributed by atoms with van der Waals surface area (Å²) in [5.41, 5.74) is 4.92.